The van der Waals surface area contributed by atoms with Crippen molar-refractivity contribution in [2.75, 3.05) is 0 Å². The number of benzene rings is 1. The normalized spacial score (nSPS) is 28.4. The first-order valence-corrected chi connectivity index (χ1v) is 7.56. The highest BCUT2D eigenvalue weighted by molar-refractivity contribution is 5.74. The smallest absolute Gasteiger partial charge is 0.00932 e. The van der Waals surface area contributed by atoms with E-state index < -0.39 is 0 Å². The van der Waals surface area contributed by atoms with Crippen molar-refractivity contribution in [3.63, 3.8) is 0 Å². The maximum Gasteiger partial charge on any atom is -0.00932 e. The molecule has 0 aliphatic heterocycles. The number of fused-ring (bicyclic) bond motifs is 2. The molecule has 0 aromatic heterocycles. The van der Waals surface area contributed by atoms with Crippen LogP contribution in [0.4, 0.5) is 0 Å². The van der Waals surface area contributed by atoms with Crippen LogP contribution in [0.3, 0.4) is 0 Å². The molecule has 2 aliphatic rings. The van der Waals surface area contributed by atoms with Crippen molar-refractivity contribution in [2.45, 2.75) is 25.7 Å². The second-order valence-electron chi connectivity index (χ2n) is 5.85. The monoisotopic (exact) mass is 262 g/mol. The number of rotatable bonds is 4. The maximum atomic E-state index is 3.73. The van der Waals surface area contributed by atoms with Gasteiger partial charge in [-0.1, -0.05) is 67.3 Å². The van der Waals surface area contributed by atoms with E-state index in [2.05, 4.69) is 62.1 Å². The molecule has 0 heteroatoms. The van der Waals surface area contributed by atoms with Gasteiger partial charge in [0.2, 0.25) is 0 Å². The Kier molecular flexibility index (Phi) is 3.73. The summed E-state index contributed by atoms with van der Waals surface area (Å²) >= 11 is 0. The molecule has 1 aromatic carbocycles. The molecule has 20 heavy (non-hydrogen) atoms. The van der Waals surface area contributed by atoms with Gasteiger partial charge in [0.1, 0.15) is 0 Å². The molecule has 3 unspecified atom stereocenters. The van der Waals surface area contributed by atoms with E-state index in [1.807, 2.05) is 12.2 Å². The maximum absolute atomic E-state index is 3.73. The molecule has 3 atom stereocenters. The van der Waals surface area contributed by atoms with Crippen molar-refractivity contribution < 1.29 is 0 Å². The summed E-state index contributed by atoms with van der Waals surface area (Å²) < 4.78 is 0. The topological polar surface area (TPSA) is 0 Å². The molecule has 0 spiro atoms. The molecule has 0 radical (unpaired) electrons. The summed E-state index contributed by atoms with van der Waals surface area (Å²) in [5, 5.41) is 0. The van der Waals surface area contributed by atoms with Crippen molar-refractivity contribution >= 4 is 5.57 Å². The van der Waals surface area contributed by atoms with Crippen LogP contribution in [-0.4, -0.2) is 0 Å². The first-order valence-electron chi connectivity index (χ1n) is 7.56. The van der Waals surface area contributed by atoms with Crippen LogP contribution in [-0.2, 0) is 0 Å². The Bertz CT molecular complexity index is 569. The van der Waals surface area contributed by atoms with Crippen LogP contribution >= 0.6 is 0 Å². The predicted molar refractivity (Wildman–Crippen MR) is 87.5 cm³/mol. The summed E-state index contributed by atoms with van der Waals surface area (Å²) in [5.74, 6) is 2.37. The van der Waals surface area contributed by atoms with Crippen molar-refractivity contribution in [3.8, 4) is 0 Å². The Balaban J connectivity index is 1.79. The van der Waals surface area contributed by atoms with Gasteiger partial charge in [0.15, 0.2) is 0 Å². The molecule has 0 nitrogen and oxygen atoms in total. The SMILES string of the molecule is C=C/C=C\C(=C/C)c1ccc(C2CC3C=CC2C3)cc1. The fourth-order valence-electron chi connectivity index (χ4n) is 3.62. The van der Waals surface area contributed by atoms with E-state index in [4.69, 9.17) is 0 Å². The van der Waals surface area contributed by atoms with Crippen molar-refractivity contribution in [1.82, 2.24) is 0 Å². The molecule has 0 amide bonds. The molecule has 2 bridgehead atoms. The van der Waals surface area contributed by atoms with Gasteiger partial charge in [-0.25, -0.2) is 0 Å². The molecular weight excluding hydrogens is 240 g/mol. The Morgan fingerprint density at radius 2 is 1.95 bits per heavy atom. The van der Waals surface area contributed by atoms with Crippen LogP contribution in [0.5, 0.6) is 0 Å². The zero-order chi connectivity index (χ0) is 13.9. The lowest BCUT2D eigenvalue weighted by Gasteiger charge is -2.18. The van der Waals surface area contributed by atoms with Crippen LogP contribution in [0.25, 0.3) is 5.57 Å². The van der Waals surface area contributed by atoms with Crippen molar-refractivity contribution in [3.05, 3.63) is 78.4 Å². The van der Waals surface area contributed by atoms with E-state index in [0.29, 0.717) is 0 Å². The van der Waals surface area contributed by atoms with Crippen LogP contribution in [0.15, 0.2) is 67.3 Å². The minimum absolute atomic E-state index is 0.747. The van der Waals surface area contributed by atoms with Gasteiger partial charge >= 0.3 is 0 Å². The van der Waals surface area contributed by atoms with Gasteiger partial charge in [-0.15, -0.1) is 0 Å². The predicted octanol–water partition coefficient (Wildman–Crippen LogP) is 5.51. The highest BCUT2D eigenvalue weighted by Crippen LogP contribution is 2.48. The number of hydrogen-bond acceptors (Lipinski definition) is 0. The zero-order valence-electron chi connectivity index (χ0n) is 12.1. The van der Waals surface area contributed by atoms with Gasteiger partial charge in [0, 0.05) is 0 Å². The Labute approximate surface area is 122 Å². The van der Waals surface area contributed by atoms with E-state index in [-0.39, 0.29) is 0 Å². The van der Waals surface area contributed by atoms with E-state index >= 15 is 0 Å². The summed E-state index contributed by atoms with van der Waals surface area (Å²) in [5.41, 5.74) is 4.05. The number of allylic oxidation sites excluding steroid dienone is 7. The summed E-state index contributed by atoms with van der Waals surface area (Å²) in [4.78, 5) is 0. The molecule has 102 valence electrons. The molecule has 1 saturated carbocycles. The standard InChI is InChI=1S/C20H22/c1-3-5-6-16(4-2)17-9-11-18(12-10-17)20-14-15-7-8-19(20)13-15/h3-12,15,19-20H,1,13-14H2,2H3/b6-5-,16-4+. The van der Waals surface area contributed by atoms with Gasteiger partial charge in [0.25, 0.3) is 0 Å². The van der Waals surface area contributed by atoms with E-state index in [1.165, 1.54) is 29.5 Å². The average molecular weight is 262 g/mol. The molecule has 1 fully saturated rings. The van der Waals surface area contributed by atoms with E-state index in [1.54, 1.807) is 0 Å². The minimum Gasteiger partial charge on any atom is -0.0991 e. The summed E-state index contributed by atoms with van der Waals surface area (Å²) in [6.45, 7) is 5.81. The fraction of sp³-hybridized carbons (Fsp3) is 0.300. The number of hydrogen-bond donors (Lipinski definition) is 0. The van der Waals surface area contributed by atoms with Crippen LogP contribution in [0, 0.1) is 11.8 Å². The lowest BCUT2D eigenvalue weighted by molar-refractivity contribution is 0.585. The average Bonchev–Trinajstić information content (AvgIpc) is 3.11. The summed E-state index contributed by atoms with van der Waals surface area (Å²) in [7, 11) is 0. The Morgan fingerprint density at radius 3 is 2.50 bits per heavy atom. The molecule has 0 N–H and O–H groups in total. The molecule has 1 aromatic rings. The Morgan fingerprint density at radius 1 is 1.15 bits per heavy atom. The lowest BCUT2D eigenvalue weighted by atomic mass is 9.86. The second-order valence-corrected chi connectivity index (χ2v) is 5.85. The quantitative estimate of drug-likeness (QED) is 0.495. The largest absolute Gasteiger partial charge is 0.0991 e. The fourth-order valence-corrected chi connectivity index (χ4v) is 3.62. The van der Waals surface area contributed by atoms with E-state index in [0.717, 1.165) is 17.8 Å². The highest BCUT2D eigenvalue weighted by Gasteiger charge is 2.36. The minimum atomic E-state index is 0.747. The van der Waals surface area contributed by atoms with E-state index in [9.17, 15) is 0 Å². The summed E-state index contributed by atoms with van der Waals surface area (Å²) in [6, 6.07) is 9.15. The third kappa shape index (κ3) is 2.43. The van der Waals surface area contributed by atoms with Gasteiger partial charge in [-0.2, -0.15) is 0 Å². The highest BCUT2D eigenvalue weighted by atomic mass is 14.4. The first-order chi connectivity index (χ1) is 9.81. The van der Waals surface area contributed by atoms with Gasteiger partial charge in [-0.3, -0.25) is 0 Å². The third-order valence-electron chi connectivity index (χ3n) is 4.67. The molecule has 2 aliphatic carbocycles. The molecule has 0 heterocycles. The van der Waals surface area contributed by atoms with Crippen LogP contribution in [0.1, 0.15) is 36.8 Å². The van der Waals surface area contributed by atoms with Crippen LogP contribution in [0.2, 0.25) is 0 Å². The Hall–Kier alpha value is -1.82. The molecule has 3 rings (SSSR count). The van der Waals surface area contributed by atoms with Crippen LogP contribution < -0.4 is 0 Å². The third-order valence-corrected chi connectivity index (χ3v) is 4.67. The van der Waals surface area contributed by atoms with Crippen molar-refractivity contribution in [1.29, 1.82) is 0 Å². The zero-order valence-corrected chi connectivity index (χ0v) is 12.1. The second kappa shape index (κ2) is 5.66. The summed E-state index contributed by atoms with van der Waals surface area (Å²) in [6.07, 6.45) is 15.6. The van der Waals surface area contributed by atoms with Gasteiger partial charge < -0.3 is 0 Å². The van der Waals surface area contributed by atoms with Crippen molar-refractivity contribution in [2.24, 2.45) is 11.8 Å². The molecular formula is C20H22. The first kappa shape index (κ1) is 13.2. The lowest BCUT2D eigenvalue weighted by Crippen LogP contribution is -2.04. The van der Waals surface area contributed by atoms with Gasteiger partial charge in [-0.05, 0) is 54.2 Å². The molecule has 0 saturated heterocycles. The van der Waals surface area contributed by atoms with Gasteiger partial charge in [0.05, 0.1) is 0 Å².